The number of fused-ring (bicyclic) bond motifs is 1. The van der Waals surface area contributed by atoms with Gasteiger partial charge in [-0.1, -0.05) is 17.7 Å². The second kappa shape index (κ2) is 6.52. The number of benzene rings is 1. The van der Waals surface area contributed by atoms with E-state index in [0.717, 1.165) is 35.0 Å². The zero-order valence-corrected chi connectivity index (χ0v) is 15.9. The molecule has 0 aliphatic carbocycles. The van der Waals surface area contributed by atoms with E-state index in [2.05, 4.69) is 9.97 Å². The van der Waals surface area contributed by atoms with Crippen LogP contribution in [0.25, 0.3) is 11.0 Å². The SMILES string of the molecule is Cc1ccc(S(=O)(=O)N2CCC(c3c[nH]c4cccnc34)CC2)c(C)c1. The van der Waals surface area contributed by atoms with Crippen LogP contribution in [0.2, 0.25) is 0 Å². The van der Waals surface area contributed by atoms with Crippen molar-refractivity contribution < 1.29 is 8.42 Å². The normalized spacial score (nSPS) is 17.0. The van der Waals surface area contributed by atoms with Crippen molar-refractivity contribution in [3.8, 4) is 0 Å². The molecule has 0 atom stereocenters. The van der Waals surface area contributed by atoms with Crippen LogP contribution in [0.4, 0.5) is 0 Å². The van der Waals surface area contributed by atoms with Gasteiger partial charge in [-0.3, -0.25) is 4.98 Å². The van der Waals surface area contributed by atoms with Gasteiger partial charge >= 0.3 is 0 Å². The molecule has 0 bridgehead atoms. The van der Waals surface area contributed by atoms with Crippen LogP contribution in [0.1, 0.15) is 35.4 Å². The molecule has 0 radical (unpaired) electrons. The van der Waals surface area contributed by atoms with Crippen molar-refractivity contribution in [3.63, 3.8) is 0 Å². The van der Waals surface area contributed by atoms with E-state index in [-0.39, 0.29) is 0 Å². The number of H-pyrrole nitrogens is 1. The fraction of sp³-hybridized carbons (Fsp3) is 0.350. The van der Waals surface area contributed by atoms with Crippen LogP contribution in [0.5, 0.6) is 0 Å². The van der Waals surface area contributed by atoms with Crippen molar-refractivity contribution in [1.82, 2.24) is 14.3 Å². The monoisotopic (exact) mass is 369 g/mol. The molecule has 6 heteroatoms. The summed E-state index contributed by atoms with van der Waals surface area (Å²) in [4.78, 5) is 8.19. The third-order valence-electron chi connectivity index (χ3n) is 5.31. The minimum absolute atomic E-state index is 0.337. The molecule has 0 saturated carbocycles. The van der Waals surface area contributed by atoms with E-state index in [4.69, 9.17) is 0 Å². The zero-order chi connectivity index (χ0) is 18.3. The number of aromatic amines is 1. The Morgan fingerprint density at radius 1 is 1.15 bits per heavy atom. The van der Waals surface area contributed by atoms with Gasteiger partial charge < -0.3 is 4.98 Å². The number of sulfonamides is 1. The molecule has 136 valence electrons. The van der Waals surface area contributed by atoms with Crippen LogP contribution in [0, 0.1) is 13.8 Å². The average molecular weight is 369 g/mol. The maximum Gasteiger partial charge on any atom is 0.243 e. The second-order valence-electron chi connectivity index (χ2n) is 7.09. The fourth-order valence-electron chi connectivity index (χ4n) is 3.92. The largest absolute Gasteiger partial charge is 0.360 e. The Morgan fingerprint density at radius 3 is 2.65 bits per heavy atom. The van der Waals surface area contributed by atoms with E-state index in [1.807, 2.05) is 44.3 Å². The number of piperidine rings is 1. The molecule has 0 unspecified atom stereocenters. The van der Waals surface area contributed by atoms with E-state index in [9.17, 15) is 8.42 Å². The van der Waals surface area contributed by atoms with E-state index >= 15 is 0 Å². The van der Waals surface area contributed by atoms with Gasteiger partial charge in [0.05, 0.1) is 15.9 Å². The summed E-state index contributed by atoms with van der Waals surface area (Å²) in [5.41, 5.74) is 5.13. The predicted octanol–water partition coefficient (Wildman–Crippen LogP) is 3.75. The van der Waals surface area contributed by atoms with Crippen LogP contribution < -0.4 is 0 Å². The highest BCUT2D eigenvalue weighted by Gasteiger charge is 2.31. The lowest BCUT2D eigenvalue weighted by molar-refractivity contribution is 0.320. The number of aryl methyl sites for hydroxylation is 2. The maximum absolute atomic E-state index is 13.0. The Kier molecular flexibility index (Phi) is 4.32. The van der Waals surface area contributed by atoms with E-state index in [0.29, 0.717) is 23.9 Å². The number of rotatable bonds is 3. The van der Waals surface area contributed by atoms with Gasteiger partial charge in [-0.25, -0.2) is 8.42 Å². The van der Waals surface area contributed by atoms with Crippen molar-refractivity contribution in [1.29, 1.82) is 0 Å². The molecule has 0 spiro atoms. The van der Waals surface area contributed by atoms with Gasteiger partial charge in [0, 0.05) is 25.5 Å². The van der Waals surface area contributed by atoms with Crippen LogP contribution >= 0.6 is 0 Å². The molecule has 1 fully saturated rings. The smallest absolute Gasteiger partial charge is 0.243 e. The molecule has 1 aliphatic rings. The first-order valence-electron chi connectivity index (χ1n) is 8.96. The minimum atomic E-state index is -3.43. The molecular weight excluding hydrogens is 346 g/mol. The lowest BCUT2D eigenvalue weighted by atomic mass is 9.91. The number of nitrogens with one attached hydrogen (secondary N) is 1. The molecule has 3 aromatic rings. The van der Waals surface area contributed by atoms with E-state index < -0.39 is 10.0 Å². The zero-order valence-electron chi connectivity index (χ0n) is 15.1. The highest BCUT2D eigenvalue weighted by molar-refractivity contribution is 7.89. The van der Waals surface area contributed by atoms with Gasteiger partial charge in [0.25, 0.3) is 0 Å². The predicted molar refractivity (Wildman–Crippen MR) is 103 cm³/mol. The number of nitrogens with zero attached hydrogens (tertiary/aromatic N) is 2. The first-order chi connectivity index (χ1) is 12.5. The summed E-state index contributed by atoms with van der Waals surface area (Å²) in [5.74, 6) is 0.337. The summed E-state index contributed by atoms with van der Waals surface area (Å²) in [6, 6.07) is 9.46. The first kappa shape index (κ1) is 17.2. The number of hydrogen-bond donors (Lipinski definition) is 1. The number of hydrogen-bond acceptors (Lipinski definition) is 3. The standard InChI is InChI=1S/C20H23N3O2S/c1-14-5-6-19(15(2)12-14)26(24,25)23-10-7-16(8-11-23)17-13-22-18-4-3-9-21-20(17)18/h3-6,9,12-13,16,22H,7-8,10-11H2,1-2H3. The fourth-order valence-corrected chi connectivity index (χ4v) is 5.60. The van der Waals surface area contributed by atoms with Crippen LogP contribution in [0.3, 0.4) is 0 Å². The van der Waals surface area contributed by atoms with Gasteiger partial charge in [0.1, 0.15) is 0 Å². The summed E-state index contributed by atoms with van der Waals surface area (Å²) >= 11 is 0. The first-order valence-corrected chi connectivity index (χ1v) is 10.4. The molecule has 26 heavy (non-hydrogen) atoms. The molecule has 1 aliphatic heterocycles. The van der Waals surface area contributed by atoms with Crippen LogP contribution in [-0.2, 0) is 10.0 Å². The Labute approximate surface area is 154 Å². The van der Waals surface area contributed by atoms with E-state index in [1.165, 1.54) is 5.56 Å². The molecule has 1 saturated heterocycles. The quantitative estimate of drug-likeness (QED) is 0.765. The average Bonchev–Trinajstić information content (AvgIpc) is 3.05. The summed E-state index contributed by atoms with van der Waals surface area (Å²) in [5, 5.41) is 0. The molecule has 1 N–H and O–H groups in total. The Balaban J connectivity index is 1.54. The third-order valence-corrected chi connectivity index (χ3v) is 7.37. The molecule has 1 aromatic carbocycles. The van der Waals surface area contributed by atoms with Crippen LogP contribution in [-0.4, -0.2) is 35.8 Å². The van der Waals surface area contributed by atoms with Gasteiger partial charge in [-0.2, -0.15) is 4.31 Å². The number of aromatic nitrogens is 2. The molecule has 3 heterocycles. The van der Waals surface area contributed by atoms with Crippen LogP contribution in [0.15, 0.2) is 47.6 Å². The number of pyridine rings is 1. The second-order valence-corrected chi connectivity index (χ2v) is 9.00. The lowest BCUT2D eigenvalue weighted by Crippen LogP contribution is -2.38. The topological polar surface area (TPSA) is 66.1 Å². The van der Waals surface area contributed by atoms with Crippen molar-refractivity contribution >= 4 is 21.1 Å². The van der Waals surface area contributed by atoms with Gasteiger partial charge in [0.15, 0.2) is 0 Å². The summed E-state index contributed by atoms with van der Waals surface area (Å²) in [7, 11) is -3.43. The van der Waals surface area contributed by atoms with Crippen molar-refractivity contribution in [2.45, 2.75) is 37.5 Å². The molecule has 0 amide bonds. The summed E-state index contributed by atoms with van der Waals surface area (Å²) < 4.78 is 27.7. The highest BCUT2D eigenvalue weighted by atomic mass is 32.2. The summed E-state index contributed by atoms with van der Waals surface area (Å²) in [6.45, 7) is 4.92. The Bertz CT molecular complexity index is 1050. The lowest BCUT2D eigenvalue weighted by Gasteiger charge is -2.31. The molecular formula is C20H23N3O2S. The van der Waals surface area contributed by atoms with Gasteiger partial charge in [-0.15, -0.1) is 0 Å². The summed E-state index contributed by atoms with van der Waals surface area (Å²) in [6.07, 6.45) is 5.46. The highest BCUT2D eigenvalue weighted by Crippen LogP contribution is 2.34. The molecule has 5 nitrogen and oxygen atoms in total. The minimum Gasteiger partial charge on any atom is -0.360 e. The van der Waals surface area contributed by atoms with Crippen molar-refractivity contribution in [2.75, 3.05) is 13.1 Å². The Hall–Kier alpha value is -2.18. The van der Waals surface area contributed by atoms with Gasteiger partial charge in [0.2, 0.25) is 10.0 Å². The Morgan fingerprint density at radius 2 is 1.92 bits per heavy atom. The van der Waals surface area contributed by atoms with E-state index in [1.54, 1.807) is 16.6 Å². The van der Waals surface area contributed by atoms with Crippen molar-refractivity contribution in [2.24, 2.45) is 0 Å². The molecule has 2 aromatic heterocycles. The van der Waals surface area contributed by atoms with Gasteiger partial charge in [-0.05, 0) is 61.9 Å². The van der Waals surface area contributed by atoms with Crippen molar-refractivity contribution in [3.05, 3.63) is 59.4 Å². The maximum atomic E-state index is 13.0. The molecule has 4 rings (SSSR count). The third kappa shape index (κ3) is 2.93.